The summed E-state index contributed by atoms with van der Waals surface area (Å²) in [6.45, 7) is 3.30. The first-order valence-corrected chi connectivity index (χ1v) is 11.0. The number of nitrogens with zero attached hydrogens (tertiary/aromatic N) is 5. The maximum atomic E-state index is 12.9. The van der Waals surface area contributed by atoms with Gasteiger partial charge in [0, 0.05) is 33.8 Å². The van der Waals surface area contributed by atoms with E-state index in [0.717, 1.165) is 15.1 Å². The highest BCUT2D eigenvalue weighted by atomic mass is 35.5. The standard InChI is InChI=1S/C21H17ClF3N5O2S/c1-11-16(12(2)30-20(26-11)28-19(29-30)21(23,24)25)7-8-17(31)32-9-15-10-33-18(27-15)13-3-5-14(22)6-4-13/h3-6,10H,7-9H2,1-2H3. The summed E-state index contributed by atoms with van der Waals surface area (Å²) in [6.07, 6.45) is -4.39. The molecule has 1 aromatic carbocycles. The molecule has 33 heavy (non-hydrogen) atoms. The number of halogens is 4. The van der Waals surface area contributed by atoms with Gasteiger partial charge in [0.25, 0.3) is 11.6 Å². The highest BCUT2D eigenvalue weighted by Crippen LogP contribution is 2.28. The number of thiazole rings is 1. The smallest absolute Gasteiger partial charge is 0.453 e. The number of ether oxygens (including phenoxy) is 1. The van der Waals surface area contributed by atoms with Crippen molar-refractivity contribution in [2.24, 2.45) is 0 Å². The molecule has 0 fully saturated rings. The Morgan fingerprint density at radius 3 is 2.58 bits per heavy atom. The van der Waals surface area contributed by atoms with Crippen molar-refractivity contribution in [3.8, 4) is 10.6 Å². The van der Waals surface area contributed by atoms with Gasteiger partial charge in [0.15, 0.2) is 0 Å². The molecule has 3 aromatic heterocycles. The van der Waals surface area contributed by atoms with Crippen molar-refractivity contribution in [2.45, 2.75) is 39.5 Å². The highest BCUT2D eigenvalue weighted by Gasteiger charge is 2.37. The number of aryl methyl sites for hydroxylation is 2. The van der Waals surface area contributed by atoms with Gasteiger partial charge in [0.1, 0.15) is 11.6 Å². The third-order valence-electron chi connectivity index (χ3n) is 4.91. The van der Waals surface area contributed by atoms with E-state index in [4.69, 9.17) is 16.3 Å². The quantitative estimate of drug-likeness (QED) is 0.341. The van der Waals surface area contributed by atoms with Crippen LogP contribution < -0.4 is 0 Å². The molecule has 0 aliphatic rings. The minimum absolute atomic E-state index is 0.0240. The van der Waals surface area contributed by atoms with Crippen molar-refractivity contribution in [1.29, 1.82) is 0 Å². The van der Waals surface area contributed by atoms with Gasteiger partial charge in [-0.2, -0.15) is 18.2 Å². The summed E-state index contributed by atoms with van der Waals surface area (Å²) in [6, 6.07) is 7.27. The first-order chi connectivity index (χ1) is 15.6. The number of benzene rings is 1. The minimum Gasteiger partial charge on any atom is -0.459 e. The molecular formula is C21H17ClF3N5O2S. The van der Waals surface area contributed by atoms with Crippen LogP contribution in [0.1, 0.15) is 34.9 Å². The molecule has 7 nitrogen and oxygen atoms in total. The number of carbonyl (C=O) groups excluding carboxylic acids is 1. The van der Waals surface area contributed by atoms with Crippen LogP contribution in [0.3, 0.4) is 0 Å². The Hall–Kier alpha value is -3.05. The van der Waals surface area contributed by atoms with Crippen LogP contribution in [0, 0.1) is 13.8 Å². The lowest BCUT2D eigenvalue weighted by molar-refractivity contribution is -0.145. The molecular weight excluding hydrogens is 479 g/mol. The maximum absolute atomic E-state index is 12.9. The van der Waals surface area contributed by atoms with Gasteiger partial charge in [0.05, 0.1) is 5.69 Å². The summed E-state index contributed by atoms with van der Waals surface area (Å²) < 4.78 is 45.1. The summed E-state index contributed by atoms with van der Waals surface area (Å²) >= 11 is 7.33. The highest BCUT2D eigenvalue weighted by molar-refractivity contribution is 7.13. The van der Waals surface area contributed by atoms with Crippen LogP contribution in [0.15, 0.2) is 29.6 Å². The molecule has 0 atom stereocenters. The molecule has 0 radical (unpaired) electrons. The van der Waals surface area contributed by atoms with Crippen LogP contribution >= 0.6 is 22.9 Å². The van der Waals surface area contributed by atoms with Gasteiger partial charge in [-0.05, 0) is 38.0 Å². The molecule has 12 heteroatoms. The van der Waals surface area contributed by atoms with Crippen LogP contribution in [-0.4, -0.2) is 30.5 Å². The fraction of sp³-hybridized carbons (Fsp3) is 0.286. The van der Waals surface area contributed by atoms with Gasteiger partial charge in [-0.1, -0.05) is 23.7 Å². The topological polar surface area (TPSA) is 82.3 Å². The zero-order valence-corrected chi connectivity index (χ0v) is 19.1. The van der Waals surface area contributed by atoms with Gasteiger partial charge in [-0.25, -0.2) is 14.5 Å². The Bertz CT molecular complexity index is 1320. The van der Waals surface area contributed by atoms with E-state index in [1.54, 1.807) is 26.0 Å². The molecule has 0 N–H and O–H groups in total. The molecule has 0 bridgehead atoms. The third-order valence-corrected chi connectivity index (χ3v) is 6.10. The van der Waals surface area contributed by atoms with Crippen molar-refractivity contribution in [3.05, 3.63) is 63.1 Å². The summed E-state index contributed by atoms with van der Waals surface area (Å²) in [5, 5.41) is 6.74. The summed E-state index contributed by atoms with van der Waals surface area (Å²) in [5.74, 6) is -1.84. The van der Waals surface area contributed by atoms with E-state index in [-0.39, 0.29) is 25.2 Å². The average Bonchev–Trinajstić information content (AvgIpc) is 3.40. The number of rotatable bonds is 6. The lowest BCUT2D eigenvalue weighted by atomic mass is 10.1. The van der Waals surface area contributed by atoms with Gasteiger partial charge < -0.3 is 4.74 Å². The van der Waals surface area contributed by atoms with E-state index in [9.17, 15) is 18.0 Å². The number of alkyl halides is 3. The molecule has 0 saturated heterocycles. The van der Waals surface area contributed by atoms with Gasteiger partial charge in [-0.15, -0.1) is 16.4 Å². The third kappa shape index (κ3) is 5.14. The second kappa shape index (κ2) is 9.06. The molecule has 0 aliphatic carbocycles. The second-order valence-corrected chi connectivity index (χ2v) is 8.51. The van der Waals surface area contributed by atoms with E-state index in [1.807, 2.05) is 17.5 Å². The first-order valence-electron chi connectivity index (χ1n) is 9.78. The van der Waals surface area contributed by atoms with Crippen molar-refractivity contribution >= 4 is 34.7 Å². The van der Waals surface area contributed by atoms with Crippen LogP contribution in [0.5, 0.6) is 0 Å². The Morgan fingerprint density at radius 2 is 1.88 bits per heavy atom. The monoisotopic (exact) mass is 495 g/mol. The number of carbonyl (C=O) groups is 1. The number of aromatic nitrogens is 5. The van der Waals surface area contributed by atoms with E-state index < -0.39 is 18.0 Å². The van der Waals surface area contributed by atoms with Gasteiger partial charge >= 0.3 is 12.1 Å². The minimum atomic E-state index is -4.67. The van der Waals surface area contributed by atoms with E-state index in [0.29, 0.717) is 27.7 Å². The lowest BCUT2D eigenvalue weighted by Crippen LogP contribution is -2.11. The van der Waals surface area contributed by atoms with Crippen LogP contribution in [0.25, 0.3) is 16.3 Å². The average molecular weight is 496 g/mol. The molecule has 0 amide bonds. The van der Waals surface area contributed by atoms with E-state index in [1.165, 1.54) is 11.3 Å². The van der Waals surface area contributed by atoms with Crippen LogP contribution in [0.2, 0.25) is 5.02 Å². The molecule has 0 unspecified atom stereocenters. The molecule has 172 valence electrons. The van der Waals surface area contributed by atoms with Crippen molar-refractivity contribution in [2.75, 3.05) is 0 Å². The normalized spacial score (nSPS) is 11.8. The number of fused-ring (bicyclic) bond motifs is 1. The second-order valence-electron chi connectivity index (χ2n) is 7.22. The summed E-state index contributed by atoms with van der Waals surface area (Å²) in [5.41, 5.74) is 3.09. The number of hydrogen-bond donors (Lipinski definition) is 0. The van der Waals surface area contributed by atoms with Crippen molar-refractivity contribution in [3.63, 3.8) is 0 Å². The Morgan fingerprint density at radius 1 is 1.15 bits per heavy atom. The predicted molar refractivity (Wildman–Crippen MR) is 116 cm³/mol. The molecule has 4 aromatic rings. The predicted octanol–water partition coefficient (Wildman–Crippen LogP) is 5.21. The van der Waals surface area contributed by atoms with E-state index >= 15 is 0 Å². The SMILES string of the molecule is Cc1nc2nc(C(F)(F)F)nn2c(C)c1CCC(=O)OCc1csc(-c2ccc(Cl)cc2)n1. The molecule has 3 heterocycles. The molecule has 0 aliphatic heterocycles. The Labute approximate surface area is 195 Å². The van der Waals surface area contributed by atoms with Gasteiger partial charge in [0.2, 0.25) is 0 Å². The van der Waals surface area contributed by atoms with Crippen molar-refractivity contribution in [1.82, 2.24) is 24.6 Å². The Balaban J connectivity index is 1.38. The molecule has 4 rings (SSSR count). The fourth-order valence-corrected chi connectivity index (χ4v) is 4.18. The number of esters is 1. The van der Waals surface area contributed by atoms with E-state index in [2.05, 4.69) is 20.1 Å². The largest absolute Gasteiger partial charge is 0.459 e. The maximum Gasteiger partial charge on any atom is 0.453 e. The molecule has 0 spiro atoms. The van der Waals surface area contributed by atoms with Crippen LogP contribution in [0.4, 0.5) is 13.2 Å². The van der Waals surface area contributed by atoms with Crippen LogP contribution in [-0.2, 0) is 28.7 Å². The molecule has 0 saturated carbocycles. The summed E-state index contributed by atoms with van der Waals surface area (Å²) in [7, 11) is 0. The zero-order valence-electron chi connectivity index (χ0n) is 17.5. The Kier molecular flexibility index (Phi) is 6.35. The first kappa shape index (κ1) is 23.1. The van der Waals surface area contributed by atoms with Gasteiger partial charge in [-0.3, -0.25) is 4.79 Å². The summed E-state index contributed by atoms with van der Waals surface area (Å²) in [4.78, 5) is 24.3. The lowest BCUT2D eigenvalue weighted by Gasteiger charge is -2.10. The zero-order chi connectivity index (χ0) is 23.8. The van der Waals surface area contributed by atoms with Crippen molar-refractivity contribution < 1.29 is 22.7 Å². The number of hydrogen-bond acceptors (Lipinski definition) is 7. The fourth-order valence-electron chi connectivity index (χ4n) is 3.24.